The van der Waals surface area contributed by atoms with Gasteiger partial charge < -0.3 is 19.4 Å². The number of carbonyl (C=O) groups excluding carboxylic acids is 4. The maximum atomic E-state index is 13.1. The van der Waals surface area contributed by atoms with E-state index in [0.717, 1.165) is 5.52 Å². The maximum Gasteiger partial charge on any atom is 0.325 e. The number of anilines is 2. The van der Waals surface area contributed by atoms with E-state index in [9.17, 15) is 19.2 Å². The number of esters is 2. The molecule has 0 radical (unpaired) electrons. The van der Waals surface area contributed by atoms with Crippen LogP contribution < -0.4 is 9.91 Å². The summed E-state index contributed by atoms with van der Waals surface area (Å²) in [5.41, 5.74) is 2.53. The van der Waals surface area contributed by atoms with Gasteiger partial charge >= 0.3 is 11.9 Å². The molecule has 3 aromatic rings. The van der Waals surface area contributed by atoms with E-state index in [1.54, 1.807) is 55.7 Å². The molecule has 1 saturated heterocycles. The van der Waals surface area contributed by atoms with Crippen LogP contribution >= 0.6 is 0 Å². The van der Waals surface area contributed by atoms with Gasteiger partial charge in [0, 0.05) is 35.4 Å². The van der Waals surface area contributed by atoms with Crippen LogP contribution in [0.5, 0.6) is 0 Å². The number of fused-ring (bicyclic) bond motifs is 1. The third kappa shape index (κ3) is 4.58. The van der Waals surface area contributed by atoms with E-state index in [4.69, 9.17) is 9.47 Å². The summed E-state index contributed by atoms with van der Waals surface area (Å²) in [6.07, 6.45) is 3.23. The zero-order valence-electron chi connectivity index (χ0n) is 19.5. The number of aromatic nitrogens is 1. The summed E-state index contributed by atoms with van der Waals surface area (Å²) in [5, 5.41) is 3.30. The summed E-state index contributed by atoms with van der Waals surface area (Å²) in [7, 11) is 4.08. The summed E-state index contributed by atoms with van der Waals surface area (Å²) in [6, 6.07) is 14.2. The van der Waals surface area contributed by atoms with Gasteiger partial charge in [0.15, 0.2) is 0 Å². The van der Waals surface area contributed by atoms with Crippen molar-refractivity contribution < 1.29 is 28.7 Å². The van der Waals surface area contributed by atoms with Crippen molar-refractivity contribution in [2.45, 2.75) is 0 Å². The number of aromatic amines is 1. The predicted molar refractivity (Wildman–Crippen MR) is 129 cm³/mol. The van der Waals surface area contributed by atoms with E-state index >= 15 is 0 Å². The first-order valence-corrected chi connectivity index (χ1v) is 10.7. The number of benzene rings is 2. The average molecular weight is 476 g/mol. The number of carbonyl (C=O) groups is 4. The number of hydrazine groups is 1. The minimum atomic E-state index is -0.517. The van der Waals surface area contributed by atoms with Gasteiger partial charge in [-0.05, 0) is 36.4 Å². The van der Waals surface area contributed by atoms with Crippen LogP contribution in [0.2, 0.25) is 0 Å². The first-order chi connectivity index (χ1) is 16.8. The Morgan fingerprint density at radius 2 is 1.63 bits per heavy atom. The highest BCUT2D eigenvalue weighted by molar-refractivity contribution is 6.31. The Bertz CT molecular complexity index is 1310. The van der Waals surface area contributed by atoms with Crippen molar-refractivity contribution in [2.24, 2.45) is 0 Å². The fourth-order valence-corrected chi connectivity index (χ4v) is 3.87. The molecule has 1 aromatic heterocycles. The van der Waals surface area contributed by atoms with Crippen molar-refractivity contribution in [3.8, 4) is 0 Å². The number of nitrogens with zero attached hydrogens (tertiary/aromatic N) is 3. The predicted octanol–water partition coefficient (Wildman–Crippen LogP) is 2.12. The SMILES string of the molecule is COC(=O)CN(CC(=O)OC)c1ccc2[nH]cc(C=C3C(=O)N(C)N(c4ccccc4)C3=O)c2c1. The number of hydrogen-bond donors (Lipinski definition) is 1. The zero-order chi connectivity index (χ0) is 25.1. The number of methoxy groups -OCH3 is 2. The Hall–Kier alpha value is -4.60. The van der Waals surface area contributed by atoms with Gasteiger partial charge in [0.05, 0.1) is 19.9 Å². The molecule has 0 spiro atoms. The van der Waals surface area contributed by atoms with E-state index < -0.39 is 23.8 Å². The van der Waals surface area contributed by atoms with Gasteiger partial charge in [-0.2, -0.15) is 0 Å². The fourth-order valence-electron chi connectivity index (χ4n) is 3.87. The van der Waals surface area contributed by atoms with Crippen LogP contribution in [0.4, 0.5) is 11.4 Å². The Morgan fingerprint density at radius 3 is 2.26 bits per heavy atom. The van der Waals surface area contributed by atoms with Gasteiger partial charge in [-0.25, -0.2) is 10.0 Å². The van der Waals surface area contributed by atoms with Crippen molar-refractivity contribution in [1.82, 2.24) is 9.99 Å². The molecular weight excluding hydrogens is 452 g/mol. The number of amides is 2. The van der Waals surface area contributed by atoms with Crippen LogP contribution in [0.15, 0.2) is 60.3 Å². The van der Waals surface area contributed by atoms with Gasteiger partial charge in [0.1, 0.15) is 18.7 Å². The molecule has 0 atom stereocenters. The van der Waals surface area contributed by atoms with E-state index in [1.807, 2.05) is 6.07 Å². The molecule has 1 aliphatic rings. The Morgan fingerprint density at radius 1 is 0.971 bits per heavy atom. The third-order valence-corrected chi connectivity index (χ3v) is 5.71. The van der Waals surface area contributed by atoms with Crippen molar-refractivity contribution >= 4 is 52.1 Å². The third-order valence-electron chi connectivity index (χ3n) is 5.71. The van der Waals surface area contributed by atoms with Gasteiger partial charge in [-0.15, -0.1) is 0 Å². The molecule has 10 nitrogen and oxygen atoms in total. The first-order valence-electron chi connectivity index (χ1n) is 10.7. The number of H-pyrrole nitrogens is 1. The molecule has 180 valence electrons. The van der Waals surface area contributed by atoms with Crippen molar-refractivity contribution in [3.05, 3.63) is 65.9 Å². The second-order valence-electron chi connectivity index (χ2n) is 7.82. The van der Waals surface area contributed by atoms with E-state index in [1.165, 1.54) is 35.2 Å². The van der Waals surface area contributed by atoms with Crippen molar-refractivity contribution in [3.63, 3.8) is 0 Å². The minimum Gasteiger partial charge on any atom is -0.468 e. The van der Waals surface area contributed by atoms with Crippen LogP contribution in [0.25, 0.3) is 17.0 Å². The standard InChI is InChI=1S/C25H24N4O6/c1-27-24(32)20(25(33)29(27)17-7-5-4-6-8-17)11-16-13-26-21-10-9-18(12-19(16)21)28(14-22(30)34-2)15-23(31)35-3/h4-13,26H,14-15H2,1-3H3. The van der Waals surface area contributed by atoms with Gasteiger partial charge in [0.2, 0.25) is 0 Å². The topological polar surface area (TPSA) is 112 Å². The molecule has 0 unspecified atom stereocenters. The summed E-state index contributed by atoms with van der Waals surface area (Å²) < 4.78 is 9.50. The lowest BCUT2D eigenvalue weighted by Gasteiger charge is -2.22. The average Bonchev–Trinajstić information content (AvgIpc) is 3.37. The Labute approximate surface area is 201 Å². The summed E-state index contributed by atoms with van der Waals surface area (Å²) in [6.45, 7) is -0.322. The summed E-state index contributed by atoms with van der Waals surface area (Å²) >= 11 is 0. The number of nitrogens with one attached hydrogen (secondary N) is 1. The second kappa shape index (κ2) is 9.72. The number of ether oxygens (including phenoxy) is 2. The highest BCUT2D eigenvalue weighted by Gasteiger charge is 2.39. The molecule has 1 fully saturated rings. The molecule has 2 aromatic carbocycles. The highest BCUT2D eigenvalue weighted by atomic mass is 16.5. The summed E-state index contributed by atoms with van der Waals surface area (Å²) in [4.78, 5) is 54.5. The molecule has 1 N–H and O–H groups in total. The zero-order valence-corrected chi connectivity index (χ0v) is 19.5. The fraction of sp³-hybridized carbons (Fsp3) is 0.200. The number of likely N-dealkylation sites (N-methyl/N-ethyl adjacent to an activating group) is 1. The molecule has 0 aliphatic carbocycles. The van der Waals surface area contributed by atoms with E-state index in [0.29, 0.717) is 22.3 Å². The normalized spacial score (nSPS) is 14.7. The quantitative estimate of drug-likeness (QED) is 0.316. The van der Waals surface area contributed by atoms with E-state index in [-0.39, 0.29) is 18.7 Å². The smallest absolute Gasteiger partial charge is 0.325 e. The van der Waals surface area contributed by atoms with Gasteiger partial charge in [-0.1, -0.05) is 18.2 Å². The van der Waals surface area contributed by atoms with Crippen LogP contribution in [-0.4, -0.2) is 68.1 Å². The van der Waals surface area contributed by atoms with Crippen LogP contribution in [0.1, 0.15) is 5.56 Å². The van der Waals surface area contributed by atoms with Crippen molar-refractivity contribution in [2.75, 3.05) is 44.3 Å². The lowest BCUT2D eigenvalue weighted by Crippen LogP contribution is -2.37. The lowest BCUT2D eigenvalue weighted by atomic mass is 10.1. The number of rotatable bonds is 7. The lowest BCUT2D eigenvalue weighted by molar-refractivity contribution is -0.140. The molecule has 10 heteroatoms. The Balaban J connectivity index is 1.72. The van der Waals surface area contributed by atoms with Crippen LogP contribution in [-0.2, 0) is 28.7 Å². The van der Waals surface area contributed by atoms with Gasteiger partial charge in [0.25, 0.3) is 11.8 Å². The number of para-hydroxylation sites is 1. The molecule has 0 saturated carbocycles. The maximum absolute atomic E-state index is 13.1. The molecule has 0 bridgehead atoms. The van der Waals surface area contributed by atoms with Crippen molar-refractivity contribution in [1.29, 1.82) is 0 Å². The van der Waals surface area contributed by atoms with Gasteiger partial charge in [-0.3, -0.25) is 19.2 Å². The molecule has 35 heavy (non-hydrogen) atoms. The molecular formula is C25H24N4O6. The molecule has 2 heterocycles. The monoisotopic (exact) mass is 476 g/mol. The largest absolute Gasteiger partial charge is 0.468 e. The highest BCUT2D eigenvalue weighted by Crippen LogP contribution is 2.30. The second-order valence-corrected chi connectivity index (χ2v) is 7.82. The number of hydrogen-bond acceptors (Lipinski definition) is 7. The Kier molecular flexibility index (Phi) is 6.54. The molecule has 4 rings (SSSR count). The minimum absolute atomic E-state index is 0.0173. The molecule has 2 amide bonds. The molecule has 1 aliphatic heterocycles. The van der Waals surface area contributed by atoms with Crippen LogP contribution in [0.3, 0.4) is 0 Å². The summed E-state index contributed by atoms with van der Waals surface area (Å²) in [5.74, 6) is -1.90. The van der Waals surface area contributed by atoms with Crippen LogP contribution in [0, 0.1) is 0 Å². The first kappa shape index (κ1) is 23.6. The van der Waals surface area contributed by atoms with E-state index in [2.05, 4.69) is 4.98 Å².